The van der Waals surface area contributed by atoms with E-state index in [1.54, 1.807) is 25.1 Å². The minimum absolute atomic E-state index is 0.237. The van der Waals surface area contributed by atoms with Crippen LogP contribution in [0.1, 0.15) is 23.6 Å². The number of nitrogens with one attached hydrogen (secondary N) is 2. The summed E-state index contributed by atoms with van der Waals surface area (Å²) in [7, 11) is 0. The Morgan fingerprint density at radius 1 is 1.17 bits per heavy atom. The summed E-state index contributed by atoms with van der Waals surface area (Å²) in [5.41, 5.74) is 6.33. The van der Waals surface area contributed by atoms with E-state index in [2.05, 4.69) is 15.8 Å². The summed E-state index contributed by atoms with van der Waals surface area (Å²) in [4.78, 5) is 12.2. The van der Waals surface area contributed by atoms with Crippen molar-refractivity contribution >= 4 is 41.0 Å². The smallest absolute Gasteiger partial charge is 0.262 e. The summed E-state index contributed by atoms with van der Waals surface area (Å²) < 4.78 is 0. The van der Waals surface area contributed by atoms with Gasteiger partial charge in [-0.05, 0) is 44.0 Å². The van der Waals surface area contributed by atoms with Crippen LogP contribution in [0, 0.1) is 13.8 Å². The predicted molar refractivity (Wildman–Crippen MR) is 101 cm³/mol. The van der Waals surface area contributed by atoms with Crippen LogP contribution in [0.15, 0.2) is 41.5 Å². The number of hydrogen-bond donors (Lipinski definition) is 2. The molecule has 2 aromatic rings. The number of para-hydroxylation sites is 1. The highest BCUT2D eigenvalue weighted by molar-refractivity contribution is 6.36. The molecule has 1 atom stereocenters. The molecule has 2 aromatic carbocycles. The van der Waals surface area contributed by atoms with Gasteiger partial charge in [-0.2, -0.15) is 5.10 Å². The molecular weight excluding hydrogens is 345 g/mol. The molecule has 1 unspecified atom stereocenters. The Hall–Kier alpha value is -2.04. The lowest BCUT2D eigenvalue weighted by molar-refractivity contribution is -0.121. The first-order valence-corrected chi connectivity index (χ1v) is 8.25. The molecule has 0 radical (unpaired) electrons. The molecule has 0 saturated heterocycles. The number of aryl methyl sites for hydroxylation is 2. The maximum atomic E-state index is 12.2. The monoisotopic (exact) mass is 363 g/mol. The fourth-order valence-electron chi connectivity index (χ4n) is 2.19. The lowest BCUT2D eigenvalue weighted by Crippen LogP contribution is -2.35. The van der Waals surface area contributed by atoms with Crippen LogP contribution in [0.4, 0.5) is 5.69 Å². The second-order valence-electron chi connectivity index (χ2n) is 5.53. The molecule has 0 aromatic heterocycles. The minimum atomic E-state index is -0.428. The molecule has 0 bridgehead atoms. The molecule has 0 aliphatic heterocycles. The van der Waals surface area contributed by atoms with E-state index in [9.17, 15) is 4.79 Å². The average molecular weight is 364 g/mol. The van der Waals surface area contributed by atoms with E-state index < -0.39 is 6.04 Å². The minimum Gasteiger partial charge on any atom is -0.373 e. The molecule has 0 fully saturated rings. The number of anilines is 1. The van der Waals surface area contributed by atoms with Gasteiger partial charge in [0.05, 0.1) is 11.2 Å². The van der Waals surface area contributed by atoms with Gasteiger partial charge in [-0.25, -0.2) is 5.43 Å². The fraction of sp³-hybridized carbons (Fsp3) is 0.222. The van der Waals surface area contributed by atoms with Gasteiger partial charge in [0, 0.05) is 16.3 Å². The van der Waals surface area contributed by atoms with E-state index >= 15 is 0 Å². The molecule has 0 saturated carbocycles. The van der Waals surface area contributed by atoms with Crippen LogP contribution in [0.25, 0.3) is 0 Å². The van der Waals surface area contributed by atoms with Crippen molar-refractivity contribution in [1.82, 2.24) is 5.43 Å². The Kier molecular flexibility index (Phi) is 6.23. The van der Waals surface area contributed by atoms with Gasteiger partial charge in [-0.1, -0.05) is 47.5 Å². The maximum Gasteiger partial charge on any atom is 0.262 e. The van der Waals surface area contributed by atoms with Crippen molar-refractivity contribution in [2.45, 2.75) is 26.8 Å². The summed E-state index contributed by atoms with van der Waals surface area (Å²) in [6, 6.07) is 10.6. The van der Waals surface area contributed by atoms with E-state index in [0.29, 0.717) is 15.6 Å². The molecule has 126 valence electrons. The Morgan fingerprint density at radius 2 is 1.83 bits per heavy atom. The van der Waals surface area contributed by atoms with Crippen molar-refractivity contribution in [3.8, 4) is 0 Å². The van der Waals surface area contributed by atoms with Gasteiger partial charge < -0.3 is 5.32 Å². The summed E-state index contributed by atoms with van der Waals surface area (Å²) in [6.07, 6.45) is 1.49. The largest absolute Gasteiger partial charge is 0.373 e. The van der Waals surface area contributed by atoms with Crippen molar-refractivity contribution in [2.24, 2.45) is 5.10 Å². The normalized spacial score (nSPS) is 12.2. The van der Waals surface area contributed by atoms with E-state index in [-0.39, 0.29) is 5.91 Å². The van der Waals surface area contributed by atoms with E-state index in [4.69, 9.17) is 23.2 Å². The standard InChI is InChI=1S/C18H19Cl2N3O/c1-11-5-4-6-12(2)17(11)22-13(3)18(24)23-21-10-14-7-8-15(19)9-16(14)20/h4-10,13,22H,1-3H3,(H,23,24)/b21-10+. The first-order chi connectivity index (χ1) is 11.4. The lowest BCUT2D eigenvalue weighted by Gasteiger charge is -2.17. The fourth-order valence-corrected chi connectivity index (χ4v) is 2.65. The lowest BCUT2D eigenvalue weighted by atomic mass is 10.1. The van der Waals surface area contributed by atoms with E-state index in [1.807, 2.05) is 32.0 Å². The zero-order valence-electron chi connectivity index (χ0n) is 13.7. The summed E-state index contributed by atoms with van der Waals surface area (Å²) in [5.74, 6) is -0.237. The van der Waals surface area contributed by atoms with E-state index in [1.165, 1.54) is 6.21 Å². The SMILES string of the molecule is Cc1cccc(C)c1NC(C)C(=O)N/N=C/c1ccc(Cl)cc1Cl. The Morgan fingerprint density at radius 3 is 2.46 bits per heavy atom. The maximum absolute atomic E-state index is 12.2. The number of carbonyl (C=O) groups excluding carboxylic acids is 1. The van der Waals surface area contributed by atoms with Crippen LogP contribution >= 0.6 is 23.2 Å². The zero-order valence-corrected chi connectivity index (χ0v) is 15.2. The van der Waals surface area contributed by atoms with Crippen LogP contribution < -0.4 is 10.7 Å². The van der Waals surface area contributed by atoms with Crippen molar-refractivity contribution in [3.63, 3.8) is 0 Å². The molecule has 4 nitrogen and oxygen atoms in total. The quantitative estimate of drug-likeness (QED) is 0.604. The van der Waals surface area contributed by atoms with Gasteiger partial charge in [0.15, 0.2) is 0 Å². The molecule has 0 aliphatic carbocycles. The molecule has 0 aliphatic rings. The number of benzene rings is 2. The summed E-state index contributed by atoms with van der Waals surface area (Å²) in [5, 5.41) is 8.19. The third kappa shape index (κ3) is 4.73. The van der Waals surface area contributed by atoms with Gasteiger partial charge in [-0.3, -0.25) is 4.79 Å². The second kappa shape index (κ2) is 8.18. The van der Waals surface area contributed by atoms with Gasteiger partial charge in [-0.15, -0.1) is 0 Å². The zero-order chi connectivity index (χ0) is 17.7. The van der Waals surface area contributed by atoms with Crippen LogP contribution in [0.2, 0.25) is 10.0 Å². The highest BCUT2D eigenvalue weighted by Gasteiger charge is 2.13. The van der Waals surface area contributed by atoms with Gasteiger partial charge in [0.1, 0.15) is 6.04 Å². The molecular formula is C18H19Cl2N3O. The van der Waals surface area contributed by atoms with Crippen LogP contribution in [-0.4, -0.2) is 18.2 Å². The van der Waals surface area contributed by atoms with Crippen LogP contribution in [0.3, 0.4) is 0 Å². The highest BCUT2D eigenvalue weighted by atomic mass is 35.5. The van der Waals surface area contributed by atoms with Gasteiger partial charge in [0.2, 0.25) is 0 Å². The Labute approximate surface area is 151 Å². The van der Waals surface area contributed by atoms with Crippen LogP contribution in [-0.2, 0) is 4.79 Å². The molecule has 6 heteroatoms. The summed E-state index contributed by atoms with van der Waals surface area (Å²) >= 11 is 11.9. The molecule has 2 rings (SSSR count). The van der Waals surface area contributed by atoms with Gasteiger partial charge >= 0.3 is 0 Å². The Balaban J connectivity index is 1.98. The number of carbonyl (C=O) groups is 1. The molecule has 2 N–H and O–H groups in total. The van der Waals surface area contributed by atoms with Crippen LogP contribution in [0.5, 0.6) is 0 Å². The number of hydrogen-bond acceptors (Lipinski definition) is 3. The van der Waals surface area contributed by atoms with Crippen molar-refractivity contribution in [1.29, 1.82) is 0 Å². The molecule has 24 heavy (non-hydrogen) atoms. The number of hydrazone groups is 1. The predicted octanol–water partition coefficient (Wildman–Crippen LogP) is 4.56. The molecule has 0 heterocycles. The highest BCUT2D eigenvalue weighted by Crippen LogP contribution is 2.20. The number of amides is 1. The van der Waals surface area contributed by atoms with Crippen molar-refractivity contribution in [2.75, 3.05) is 5.32 Å². The molecule has 0 spiro atoms. The number of halogens is 2. The topological polar surface area (TPSA) is 53.5 Å². The van der Waals surface area contributed by atoms with Crippen molar-refractivity contribution in [3.05, 3.63) is 63.1 Å². The first-order valence-electron chi connectivity index (χ1n) is 7.49. The first kappa shape index (κ1) is 18.3. The number of nitrogens with zero attached hydrogens (tertiary/aromatic N) is 1. The van der Waals surface area contributed by atoms with Gasteiger partial charge in [0.25, 0.3) is 5.91 Å². The van der Waals surface area contributed by atoms with Crippen molar-refractivity contribution < 1.29 is 4.79 Å². The third-order valence-corrected chi connectivity index (χ3v) is 4.14. The van der Waals surface area contributed by atoms with E-state index in [0.717, 1.165) is 16.8 Å². The second-order valence-corrected chi connectivity index (χ2v) is 6.38. The Bertz CT molecular complexity index is 755. The summed E-state index contributed by atoms with van der Waals surface area (Å²) in [6.45, 7) is 5.79. The molecule has 1 amide bonds. The third-order valence-electron chi connectivity index (χ3n) is 3.58. The number of rotatable bonds is 5. The average Bonchev–Trinajstić information content (AvgIpc) is 2.52.